The van der Waals surface area contributed by atoms with Crippen LogP contribution in [0.15, 0.2) is 48.8 Å². The number of fused-ring (bicyclic) bond motifs is 1. The molecule has 1 aromatic carbocycles. The maximum Gasteiger partial charge on any atom is 0.173 e. The zero-order chi connectivity index (χ0) is 20.4. The minimum atomic E-state index is 0.338. The van der Waals surface area contributed by atoms with Gasteiger partial charge in [0.05, 0.1) is 11.6 Å². The van der Waals surface area contributed by atoms with Crippen molar-refractivity contribution in [1.82, 2.24) is 14.9 Å². The van der Waals surface area contributed by atoms with Gasteiger partial charge in [-0.2, -0.15) is 5.26 Å². The van der Waals surface area contributed by atoms with Gasteiger partial charge in [-0.25, -0.2) is 4.98 Å². The number of thiocarbonyl (C=S) groups is 1. The standard InChI is InChI=1S/C22H24N6S/c1-15-9-12-28(22(29)26-17-5-3-16(13-23)4-6-17)14-20(15)27(2)19-8-11-25-21-18(19)7-10-24-21/h3-8,10-11,15,20H,9,12,14H2,1-2H3,(H,24,25)(H,26,29). The second-order valence-electron chi connectivity index (χ2n) is 7.58. The Hall–Kier alpha value is -3.11. The lowest BCUT2D eigenvalue weighted by Crippen LogP contribution is -2.53. The van der Waals surface area contributed by atoms with Crippen molar-refractivity contribution in [2.75, 3.05) is 30.4 Å². The summed E-state index contributed by atoms with van der Waals surface area (Å²) in [5.74, 6) is 0.552. The molecule has 2 unspecified atom stereocenters. The second-order valence-corrected chi connectivity index (χ2v) is 7.97. The van der Waals surface area contributed by atoms with Crippen LogP contribution in [0.4, 0.5) is 11.4 Å². The zero-order valence-electron chi connectivity index (χ0n) is 16.6. The summed E-state index contributed by atoms with van der Waals surface area (Å²) in [7, 11) is 2.16. The molecule has 1 aliphatic rings. The van der Waals surface area contributed by atoms with Crippen LogP contribution in [0.3, 0.4) is 0 Å². The van der Waals surface area contributed by atoms with E-state index in [2.05, 4.69) is 57.3 Å². The van der Waals surface area contributed by atoms with E-state index in [1.54, 1.807) is 12.1 Å². The average Bonchev–Trinajstić information content (AvgIpc) is 3.23. The molecule has 7 heteroatoms. The molecule has 148 valence electrons. The number of nitriles is 1. The van der Waals surface area contributed by atoms with Gasteiger partial charge in [-0.1, -0.05) is 6.92 Å². The summed E-state index contributed by atoms with van der Waals surface area (Å²) < 4.78 is 0. The van der Waals surface area contributed by atoms with Crippen LogP contribution >= 0.6 is 12.2 Å². The van der Waals surface area contributed by atoms with Crippen molar-refractivity contribution in [2.24, 2.45) is 5.92 Å². The molecular formula is C22H24N6S. The number of likely N-dealkylation sites (N-methyl/N-ethyl adjacent to an activating group) is 1. The number of aromatic amines is 1. The SMILES string of the molecule is CC1CCN(C(=S)Nc2ccc(C#N)cc2)CC1N(C)c1ccnc2[nH]ccc12. The molecule has 3 aromatic rings. The van der Waals surface area contributed by atoms with Crippen molar-refractivity contribution < 1.29 is 0 Å². The van der Waals surface area contributed by atoms with Crippen LogP contribution in [0.25, 0.3) is 11.0 Å². The first-order valence-electron chi connectivity index (χ1n) is 9.78. The Morgan fingerprint density at radius 3 is 2.86 bits per heavy atom. The first-order valence-corrected chi connectivity index (χ1v) is 10.2. The van der Waals surface area contributed by atoms with Gasteiger partial charge in [0, 0.05) is 55.3 Å². The summed E-state index contributed by atoms with van der Waals surface area (Å²) in [4.78, 5) is 12.2. The fourth-order valence-corrected chi connectivity index (χ4v) is 4.28. The number of benzene rings is 1. The molecule has 0 amide bonds. The van der Waals surface area contributed by atoms with E-state index in [0.717, 1.165) is 41.3 Å². The molecule has 0 aliphatic carbocycles. The molecule has 2 atom stereocenters. The summed E-state index contributed by atoms with van der Waals surface area (Å²) in [6.07, 6.45) is 4.86. The van der Waals surface area contributed by atoms with Crippen molar-refractivity contribution in [3.8, 4) is 6.07 Å². The topological polar surface area (TPSA) is 71.0 Å². The smallest absolute Gasteiger partial charge is 0.173 e. The van der Waals surface area contributed by atoms with Gasteiger partial charge in [0.25, 0.3) is 0 Å². The molecular weight excluding hydrogens is 380 g/mol. The lowest BCUT2D eigenvalue weighted by Gasteiger charge is -2.43. The molecule has 0 radical (unpaired) electrons. The first-order chi connectivity index (χ1) is 14.1. The number of nitrogens with one attached hydrogen (secondary N) is 2. The van der Waals surface area contributed by atoms with Crippen LogP contribution in [0.1, 0.15) is 18.9 Å². The van der Waals surface area contributed by atoms with Gasteiger partial charge in [-0.05, 0) is 61.0 Å². The summed E-state index contributed by atoms with van der Waals surface area (Å²) in [6, 6.07) is 14.0. The van der Waals surface area contributed by atoms with Crippen LogP contribution in [0.5, 0.6) is 0 Å². The predicted octanol–water partition coefficient (Wildman–Crippen LogP) is 3.98. The summed E-state index contributed by atoms with van der Waals surface area (Å²) in [6.45, 7) is 4.10. The van der Waals surface area contributed by atoms with E-state index in [0.29, 0.717) is 17.5 Å². The largest absolute Gasteiger partial charge is 0.369 e. The van der Waals surface area contributed by atoms with E-state index >= 15 is 0 Å². The van der Waals surface area contributed by atoms with Crippen molar-refractivity contribution in [1.29, 1.82) is 5.26 Å². The molecule has 0 bridgehead atoms. The van der Waals surface area contributed by atoms with E-state index in [-0.39, 0.29) is 0 Å². The highest BCUT2D eigenvalue weighted by molar-refractivity contribution is 7.80. The van der Waals surface area contributed by atoms with Gasteiger partial charge in [0.15, 0.2) is 5.11 Å². The highest BCUT2D eigenvalue weighted by Crippen LogP contribution is 2.30. The molecule has 1 saturated heterocycles. The average molecular weight is 405 g/mol. The van der Waals surface area contributed by atoms with Crippen LogP contribution in [-0.2, 0) is 0 Å². The Labute approximate surface area is 176 Å². The summed E-state index contributed by atoms with van der Waals surface area (Å²) >= 11 is 5.69. The molecule has 1 fully saturated rings. The molecule has 0 saturated carbocycles. The lowest BCUT2D eigenvalue weighted by atomic mass is 9.92. The molecule has 1 aliphatic heterocycles. The number of piperidine rings is 1. The molecule has 3 heterocycles. The summed E-state index contributed by atoms with van der Waals surface area (Å²) in [5, 5.41) is 14.1. The Kier molecular flexibility index (Phi) is 5.36. The van der Waals surface area contributed by atoms with Gasteiger partial charge in [-0.3, -0.25) is 0 Å². The van der Waals surface area contributed by atoms with Crippen molar-refractivity contribution in [2.45, 2.75) is 19.4 Å². The van der Waals surface area contributed by atoms with E-state index < -0.39 is 0 Å². The maximum absolute atomic E-state index is 8.95. The monoisotopic (exact) mass is 404 g/mol. The highest BCUT2D eigenvalue weighted by atomic mass is 32.1. The fourth-order valence-electron chi connectivity index (χ4n) is 4.00. The third-order valence-electron chi connectivity index (χ3n) is 5.79. The van der Waals surface area contributed by atoms with Crippen molar-refractivity contribution in [3.63, 3.8) is 0 Å². The Balaban J connectivity index is 1.49. The normalized spacial score (nSPS) is 19.0. The van der Waals surface area contributed by atoms with Crippen LogP contribution < -0.4 is 10.2 Å². The Morgan fingerprint density at radius 1 is 1.31 bits per heavy atom. The van der Waals surface area contributed by atoms with Gasteiger partial charge >= 0.3 is 0 Å². The van der Waals surface area contributed by atoms with Gasteiger partial charge in [0.2, 0.25) is 0 Å². The van der Waals surface area contributed by atoms with Gasteiger partial charge in [0.1, 0.15) is 5.65 Å². The third kappa shape index (κ3) is 3.89. The Bertz CT molecular complexity index is 1050. The molecule has 4 rings (SSSR count). The number of pyridine rings is 1. The quantitative estimate of drug-likeness (QED) is 0.644. The number of likely N-dealkylation sites (tertiary alicyclic amines) is 1. The van der Waals surface area contributed by atoms with Crippen LogP contribution in [0, 0.1) is 17.2 Å². The highest BCUT2D eigenvalue weighted by Gasteiger charge is 2.31. The van der Waals surface area contributed by atoms with Crippen LogP contribution in [0.2, 0.25) is 0 Å². The van der Waals surface area contributed by atoms with Crippen molar-refractivity contribution >= 4 is 39.7 Å². The number of rotatable bonds is 3. The minimum absolute atomic E-state index is 0.338. The van der Waals surface area contributed by atoms with Crippen molar-refractivity contribution in [3.05, 3.63) is 54.4 Å². The van der Waals surface area contributed by atoms with Gasteiger partial charge < -0.3 is 20.1 Å². The number of hydrogen-bond acceptors (Lipinski definition) is 4. The van der Waals surface area contributed by atoms with E-state index in [1.807, 2.05) is 24.5 Å². The van der Waals surface area contributed by atoms with E-state index in [1.165, 1.54) is 5.69 Å². The third-order valence-corrected chi connectivity index (χ3v) is 6.15. The van der Waals surface area contributed by atoms with E-state index in [4.69, 9.17) is 17.5 Å². The molecule has 6 nitrogen and oxygen atoms in total. The van der Waals surface area contributed by atoms with Gasteiger partial charge in [-0.15, -0.1) is 0 Å². The predicted molar refractivity (Wildman–Crippen MR) is 121 cm³/mol. The van der Waals surface area contributed by atoms with E-state index in [9.17, 15) is 0 Å². The minimum Gasteiger partial charge on any atom is -0.369 e. The molecule has 29 heavy (non-hydrogen) atoms. The lowest BCUT2D eigenvalue weighted by molar-refractivity contribution is 0.242. The Morgan fingerprint density at radius 2 is 2.10 bits per heavy atom. The van der Waals surface area contributed by atoms with Crippen LogP contribution in [-0.4, -0.2) is 46.2 Å². The first kappa shape index (κ1) is 19.2. The molecule has 2 N–H and O–H groups in total. The number of anilines is 2. The maximum atomic E-state index is 8.95. The number of nitrogens with zero attached hydrogens (tertiary/aromatic N) is 4. The zero-order valence-corrected chi connectivity index (χ0v) is 17.4. The number of aromatic nitrogens is 2. The fraction of sp³-hybridized carbons (Fsp3) is 0.318. The number of H-pyrrole nitrogens is 1. The molecule has 0 spiro atoms. The molecule has 2 aromatic heterocycles. The summed E-state index contributed by atoms with van der Waals surface area (Å²) in [5.41, 5.74) is 3.64. The second kappa shape index (κ2) is 8.10. The number of hydrogen-bond donors (Lipinski definition) is 2.